The van der Waals surface area contributed by atoms with Crippen molar-refractivity contribution in [2.75, 3.05) is 0 Å². The average molecular weight is 232 g/mol. The highest BCUT2D eigenvalue weighted by Gasteiger charge is 2.13. The Balaban J connectivity index is 2.56. The molecule has 0 aliphatic carbocycles. The van der Waals surface area contributed by atoms with Crippen LogP contribution in [-0.4, -0.2) is 14.7 Å². The van der Waals surface area contributed by atoms with Crippen LogP contribution in [-0.2, 0) is 0 Å². The van der Waals surface area contributed by atoms with Gasteiger partial charge in [-0.3, -0.25) is 14.3 Å². The molecule has 1 heterocycles. The predicted octanol–water partition coefficient (Wildman–Crippen LogP) is 0.851. The Morgan fingerprint density at radius 2 is 1.88 bits per heavy atom. The summed E-state index contributed by atoms with van der Waals surface area (Å²) in [6, 6.07) is 9.90. The fourth-order valence-corrected chi connectivity index (χ4v) is 1.75. The molecule has 5 heteroatoms. The first kappa shape index (κ1) is 11.2. The zero-order valence-corrected chi connectivity index (χ0v) is 9.25. The molecule has 2 rings (SSSR count). The summed E-state index contributed by atoms with van der Waals surface area (Å²) in [7, 11) is 0. The molecule has 88 valence electrons. The average Bonchev–Trinajstić information content (AvgIpc) is 2.28. The van der Waals surface area contributed by atoms with Gasteiger partial charge in [-0.15, -0.1) is 0 Å². The van der Waals surface area contributed by atoms with Crippen LogP contribution in [0.3, 0.4) is 0 Å². The molecule has 0 aliphatic rings. The highest BCUT2D eigenvalue weighted by atomic mass is 16.3. The Bertz CT molecular complexity index is 628. The molecule has 1 aromatic carbocycles. The Hall–Kier alpha value is -2.30. The van der Waals surface area contributed by atoms with E-state index < -0.39 is 11.2 Å². The smallest absolute Gasteiger partial charge is 0.331 e. The van der Waals surface area contributed by atoms with Crippen molar-refractivity contribution in [3.05, 3.63) is 62.8 Å². The van der Waals surface area contributed by atoms with E-state index in [1.54, 1.807) is 6.92 Å². The van der Waals surface area contributed by atoms with Crippen molar-refractivity contribution in [2.24, 2.45) is 0 Å². The maximum Gasteiger partial charge on any atom is 0.331 e. The van der Waals surface area contributed by atoms with Gasteiger partial charge in [-0.1, -0.05) is 30.3 Å². The number of H-pyrrole nitrogens is 1. The first-order valence-electron chi connectivity index (χ1n) is 5.19. The summed E-state index contributed by atoms with van der Waals surface area (Å²) >= 11 is 0. The lowest BCUT2D eigenvalue weighted by Crippen LogP contribution is -2.31. The minimum absolute atomic E-state index is 0.338. The number of nitrogens with one attached hydrogen (secondary N) is 1. The molecule has 5 nitrogen and oxygen atoms in total. The van der Waals surface area contributed by atoms with Crippen molar-refractivity contribution in [1.82, 2.24) is 9.55 Å². The van der Waals surface area contributed by atoms with Crippen molar-refractivity contribution in [3.63, 3.8) is 0 Å². The number of aromatic hydroxyl groups is 1. The molecule has 2 N–H and O–H groups in total. The molecule has 1 aromatic heterocycles. The highest BCUT2D eigenvalue weighted by Crippen LogP contribution is 2.18. The number of benzene rings is 1. The van der Waals surface area contributed by atoms with Gasteiger partial charge in [0.2, 0.25) is 5.88 Å². The minimum Gasteiger partial charge on any atom is -0.494 e. The van der Waals surface area contributed by atoms with Gasteiger partial charge in [0.15, 0.2) is 0 Å². The summed E-state index contributed by atoms with van der Waals surface area (Å²) in [5.41, 5.74) is -0.354. The van der Waals surface area contributed by atoms with Crippen molar-refractivity contribution in [2.45, 2.75) is 13.0 Å². The zero-order chi connectivity index (χ0) is 12.4. The van der Waals surface area contributed by atoms with Gasteiger partial charge in [0, 0.05) is 0 Å². The van der Waals surface area contributed by atoms with E-state index >= 15 is 0 Å². The normalized spacial score (nSPS) is 12.3. The Morgan fingerprint density at radius 1 is 1.24 bits per heavy atom. The number of hydrogen-bond donors (Lipinski definition) is 2. The van der Waals surface area contributed by atoms with Crippen LogP contribution in [0.1, 0.15) is 18.5 Å². The minimum atomic E-state index is -0.619. The Labute approximate surface area is 97.0 Å². The van der Waals surface area contributed by atoms with Gasteiger partial charge in [0.1, 0.15) is 0 Å². The molecule has 0 radical (unpaired) electrons. The number of nitrogens with zero attached hydrogens (tertiary/aromatic N) is 1. The molecule has 1 atom stereocenters. The lowest BCUT2D eigenvalue weighted by molar-refractivity contribution is 0.389. The molecular formula is C12H12N2O3. The van der Waals surface area contributed by atoms with E-state index in [9.17, 15) is 14.7 Å². The van der Waals surface area contributed by atoms with Crippen LogP contribution in [0.15, 0.2) is 46.0 Å². The standard InChI is InChI=1S/C12H12N2O3/c1-8(9-5-3-2-4-6-9)14-11(16)7-10(15)13-12(14)17/h2-8,16H,1H3,(H,13,15,17)/t8-/m1/s1. The molecular weight excluding hydrogens is 220 g/mol. The molecule has 0 spiro atoms. The highest BCUT2D eigenvalue weighted by molar-refractivity contribution is 5.21. The third-order valence-corrected chi connectivity index (χ3v) is 2.63. The second-order valence-electron chi connectivity index (χ2n) is 3.75. The molecule has 0 amide bonds. The van der Waals surface area contributed by atoms with Gasteiger partial charge in [-0.05, 0) is 12.5 Å². The van der Waals surface area contributed by atoms with Gasteiger partial charge >= 0.3 is 5.69 Å². The maximum absolute atomic E-state index is 11.6. The van der Waals surface area contributed by atoms with E-state index in [1.807, 2.05) is 30.3 Å². The fraction of sp³-hybridized carbons (Fsp3) is 0.167. The summed E-state index contributed by atoms with van der Waals surface area (Å²) in [6.45, 7) is 1.77. The SMILES string of the molecule is C[C@H](c1ccccc1)n1c(O)cc(=O)[nH]c1=O. The van der Waals surface area contributed by atoms with Crippen LogP contribution < -0.4 is 11.2 Å². The predicted molar refractivity (Wildman–Crippen MR) is 63.2 cm³/mol. The van der Waals surface area contributed by atoms with E-state index in [0.29, 0.717) is 0 Å². The van der Waals surface area contributed by atoms with E-state index in [4.69, 9.17) is 0 Å². The van der Waals surface area contributed by atoms with Crippen LogP contribution in [0, 0.1) is 0 Å². The van der Waals surface area contributed by atoms with Crippen molar-refractivity contribution < 1.29 is 5.11 Å². The summed E-state index contributed by atoms with van der Waals surface area (Å²) in [5.74, 6) is -0.338. The molecule has 0 saturated heterocycles. The van der Waals surface area contributed by atoms with Crippen LogP contribution in [0.25, 0.3) is 0 Å². The molecule has 0 bridgehead atoms. The Kier molecular flexibility index (Phi) is 2.82. The zero-order valence-electron chi connectivity index (χ0n) is 9.25. The molecule has 0 saturated carbocycles. The summed E-state index contributed by atoms with van der Waals surface area (Å²) in [5, 5.41) is 9.65. The number of rotatable bonds is 2. The number of aromatic amines is 1. The number of aromatic nitrogens is 2. The van der Waals surface area contributed by atoms with E-state index in [2.05, 4.69) is 4.98 Å². The molecule has 0 aliphatic heterocycles. The van der Waals surface area contributed by atoms with E-state index in [-0.39, 0.29) is 11.9 Å². The first-order chi connectivity index (χ1) is 8.09. The van der Waals surface area contributed by atoms with Crippen LogP contribution in [0.5, 0.6) is 5.88 Å². The molecule has 0 fully saturated rings. The van der Waals surface area contributed by atoms with Crippen LogP contribution >= 0.6 is 0 Å². The van der Waals surface area contributed by atoms with Gasteiger partial charge in [-0.25, -0.2) is 4.79 Å². The van der Waals surface area contributed by atoms with Crippen LogP contribution in [0.4, 0.5) is 0 Å². The third kappa shape index (κ3) is 2.13. The van der Waals surface area contributed by atoms with E-state index in [0.717, 1.165) is 16.2 Å². The van der Waals surface area contributed by atoms with Gasteiger partial charge < -0.3 is 5.11 Å². The summed E-state index contributed by atoms with van der Waals surface area (Å²) in [6.07, 6.45) is 0. The van der Waals surface area contributed by atoms with Crippen molar-refractivity contribution in [1.29, 1.82) is 0 Å². The lowest BCUT2D eigenvalue weighted by Gasteiger charge is -2.16. The molecule has 17 heavy (non-hydrogen) atoms. The second-order valence-corrected chi connectivity index (χ2v) is 3.75. The monoisotopic (exact) mass is 232 g/mol. The van der Waals surface area contributed by atoms with Crippen LogP contribution in [0.2, 0.25) is 0 Å². The first-order valence-corrected chi connectivity index (χ1v) is 5.19. The maximum atomic E-state index is 11.6. The van der Waals surface area contributed by atoms with E-state index in [1.165, 1.54) is 0 Å². The topological polar surface area (TPSA) is 75.1 Å². The molecule has 0 unspecified atom stereocenters. The largest absolute Gasteiger partial charge is 0.494 e. The van der Waals surface area contributed by atoms with Crippen molar-refractivity contribution in [3.8, 4) is 5.88 Å². The van der Waals surface area contributed by atoms with Crippen molar-refractivity contribution >= 4 is 0 Å². The lowest BCUT2D eigenvalue weighted by atomic mass is 10.1. The fourth-order valence-electron chi connectivity index (χ4n) is 1.75. The summed E-state index contributed by atoms with van der Waals surface area (Å²) < 4.78 is 1.14. The quantitative estimate of drug-likeness (QED) is 0.806. The third-order valence-electron chi connectivity index (χ3n) is 2.63. The summed E-state index contributed by atoms with van der Waals surface area (Å²) in [4.78, 5) is 24.7. The molecule has 2 aromatic rings. The number of hydrogen-bond acceptors (Lipinski definition) is 3. The second kappa shape index (κ2) is 4.29. The Morgan fingerprint density at radius 3 is 2.47 bits per heavy atom. The van der Waals surface area contributed by atoms with Gasteiger partial charge in [0.05, 0.1) is 12.1 Å². The van der Waals surface area contributed by atoms with Gasteiger partial charge in [-0.2, -0.15) is 0 Å². The van der Waals surface area contributed by atoms with Gasteiger partial charge in [0.25, 0.3) is 5.56 Å².